The monoisotopic (exact) mass is 385 g/mol. The molecule has 27 heavy (non-hydrogen) atoms. The van der Waals surface area contributed by atoms with Crippen LogP contribution in [0.4, 0.5) is 15.9 Å². The number of hydrogen-bond donors (Lipinski definition) is 1. The van der Waals surface area contributed by atoms with Crippen molar-refractivity contribution in [1.82, 2.24) is 19.9 Å². The molecule has 8 heteroatoms. The van der Waals surface area contributed by atoms with Gasteiger partial charge in [0.2, 0.25) is 0 Å². The van der Waals surface area contributed by atoms with Gasteiger partial charge in [0.1, 0.15) is 17.7 Å². The van der Waals surface area contributed by atoms with Gasteiger partial charge in [0, 0.05) is 30.7 Å². The minimum Gasteiger partial charge on any atom is -0.369 e. The number of thiazole rings is 1. The molecule has 0 bridgehead atoms. The molecule has 1 aliphatic heterocycles. The second-order valence-electron chi connectivity index (χ2n) is 6.40. The summed E-state index contributed by atoms with van der Waals surface area (Å²) in [4.78, 5) is 16.5. The predicted octanol–water partition coefficient (Wildman–Crippen LogP) is 3.70. The number of ether oxygens (including phenoxy) is 1. The van der Waals surface area contributed by atoms with E-state index in [2.05, 4.69) is 25.2 Å². The van der Waals surface area contributed by atoms with E-state index < -0.39 is 0 Å². The summed E-state index contributed by atoms with van der Waals surface area (Å²) in [5.74, 6) is 0.215. The summed E-state index contributed by atoms with van der Waals surface area (Å²) in [6.45, 7) is 5.31. The Hall–Kier alpha value is -2.42. The molecule has 0 spiro atoms. The maximum atomic E-state index is 12.9. The zero-order chi connectivity index (χ0) is 18.6. The van der Waals surface area contributed by atoms with E-state index in [-0.39, 0.29) is 11.9 Å². The maximum absolute atomic E-state index is 12.9. The Kier molecular flexibility index (Phi) is 5.38. The van der Waals surface area contributed by atoms with E-state index in [0.717, 1.165) is 36.0 Å². The van der Waals surface area contributed by atoms with Gasteiger partial charge in [-0.2, -0.15) is 0 Å². The Morgan fingerprint density at radius 1 is 1.19 bits per heavy atom. The molecule has 1 aliphatic rings. The second-order valence-corrected chi connectivity index (χ2v) is 7.72. The average molecular weight is 385 g/mol. The summed E-state index contributed by atoms with van der Waals surface area (Å²) in [7, 11) is 0. The molecule has 1 fully saturated rings. The lowest BCUT2D eigenvalue weighted by molar-refractivity contribution is -0.0346. The number of aryl methyl sites for hydroxylation is 1. The Labute approximate surface area is 161 Å². The molecule has 1 atom stereocenters. The van der Waals surface area contributed by atoms with E-state index >= 15 is 0 Å². The van der Waals surface area contributed by atoms with Crippen LogP contribution in [0.15, 0.2) is 42.9 Å². The highest BCUT2D eigenvalue weighted by Gasteiger charge is 2.23. The van der Waals surface area contributed by atoms with E-state index in [1.165, 1.54) is 17.1 Å². The van der Waals surface area contributed by atoms with E-state index in [0.29, 0.717) is 12.4 Å². The molecule has 1 saturated heterocycles. The first-order chi connectivity index (χ1) is 13.2. The first-order valence-corrected chi connectivity index (χ1v) is 9.57. The predicted molar refractivity (Wildman–Crippen MR) is 103 cm³/mol. The fraction of sp³-hybridized carbons (Fsp3) is 0.316. The molecular weight excluding hydrogens is 365 g/mol. The zero-order valence-electron chi connectivity index (χ0n) is 14.9. The number of nitrogens with one attached hydrogen (secondary N) is 1. The van der Waals surface area contributed by atoms with Crippen molar-refractivity contribution < 1.29 is 9.13 Å². The Morgan fingerprint density at radius 2 is 2.11 bits per heavy atom. The molecular formula is C19H20FN5OS. The molecule has 6 nitrogen and oxygen atoms in total. The van der Waals surface area contributed by atoms with Crippen LogP contribution in [0.2, 0.25) is 0 Å². The standard InChI is InChI=1S/C19H20FN5OS/c1-13-21-10-16(27-13)11-25-6-7-26-18(12-25)17-4-3-15(9-22-17)24-19-5-2-14(20)8-23-19/h2-5,8-10,18H,6-7,11-12H2,1H3,(H,23,24)/t18-/m0/s1. The molecule has 1 N–H and O–H groups in total. The smallest absolute Gasteiger partial charge is 0.141 e. The lowest BCUT2D eigenvalue weighted by atomic mass is 10.2. The number of aromatic nitrogens is 3. The van der Waals surface area contributed by atoms with Gasteiger partial charge >= 0.3 is 0 Å². The van der Waals surface area contributed by atoms with Crippen molar-refractivity contribution in [3.63, 3.8) is 0 Å². The van der Waals surface area contributed by atoms with Crippen LogP contribution in [-0.4, -0.2) is 39.5 Å². The number of halogens is 1. The van der Waals surface area contributed by atoms with Crippen LogP contribution in [-0.2, 0) is 11.3 Å². The third-order valence-corrected chi connectivity index (χ3v) is 5.21. The number of rotatable bonds is 5. The summed E-state index contributed by atoms with van der Waals surface area (Å²) >= 11 is 1.74. The van der Waals surface area contributed by atoms with Gasteiger partial charge in [-0.3, -0.25) is 9.88 Å². The van der Waals surface area contributed by atoms with Crippen molar-refractivity contribution in [3.05, 3.63) is 64.3 Å². The van der Waals surface area contributed by atoms with E-state index in [9.17, 15) is 4.39 Å². The number of anilines is 2. The summed E-state index contributed by atoms with van der Waals surface area (Å²) in [5.41, 5.74) is 1.70. The summed E-state index contributed by atoms with van der Waals surface area (Å²) in [5, 5.41) is 4.20. The van der Waals surface area contributed by atoms with Gasteiger partial charge in [0.25, 0.3) is 0 Å². The number of morpholine rings is 1. The van der Waals surface area contributed by atoms with Crippen LogP contribution < -0.4 is 5.32 Å². The van der Waals surface area contributed by atoms with Gasteiger partial charge in [0.05, 0.1) is 35.4 Å². The molecule has 0 amide bonds. The first-order valence-electron chi connectivity index (χ1n) is 8.75. The first kappa shape index (κ1) is 18.0. The fourth-order valence-corrected chi connectivity index (χ4v) is 3.83. The van der Waals surface area contributed by atoms with Crippen molar-refractivity contribution in [2.45, 2.75) is 19.6 Å². The Morgan fingerprint density at radius 3 is 2.81 bits per heavy atom. The quantitative estimate of drug-likeness (QED) is 0.723. The van der Waals surface area contributed by atoms with Crippen LogP contribution in [0, 0.1) is 12.7 Å². The van der Waals surface area contributed by atoms with Crippen LogP contribution >= 0.6 is 11.3 Å². The molecule has 0 saturated carbocycles. The van der Waals surface area contributed by atoms with Crippen LogP contribution in [0.25, 0.3) is 0 Å². The minimum absolute atomic E-state index is 0.0502. The topological polar surface area (TPSA) is 63.2 Å². The van der Waals surface area contributed by atoms with E-state index in [1.54, 1.807) is 23.6 Å². The highest BCUT2D eigenvalue weighted by molar-refractivity contribution is 7.11. The van der Waals surface area contributed by atoms with E-state index in [1.807, 2.05) is 25.3 Å². The van der Waals surface area contributed by atoms with Gasteiger partial charge in [-0.1, -0.05) is 0 Å². The highest BCUT2D eigenvalue weighted by Crippen LogP contribution is 2.24. The Bertz CT molecular complexity index is 884. The molecule has 4 rings (SSSR count). The largest absolute Gasteiger partial charge is 0.369 e. The fourth-order valence-electron chi connectivity index (χ4n) is 2.99. The summed E-state index contributed by atoms with van der Waals surface area (Å²) in [6.07, 6.45) is 4.83. The summed E-state index contributed by atoms with van der Waals surface area (Å²) in [6, 6.07) is 6.85. The molecule has 0 unspecified atom stereocenters. The van der Waals surface area contributed by atoms with Crippen LogP contribution in [0.1, 0.15) is 21.7 Å². The van der Waals surface area contributed by atoms with Gasteiger partial charge in [0.15, 0.2) is 0 Å². The highest BCUT2D eigenvalue weighted by atomic mass is 32.1. The zero-order valence-corrected chi connectivity index (χ0v) is 15.7. The molecule has 4 heterocycles. The number of hydrogen-bond acceptors (Lipinski definition) is 7. The van der Waals surface area contributed by atoms with Crippen molar-refractivity contribution >= 4 is 22.8 Å². The molecule has 0 radical (unpaired) electrons. The second kappa shape index (κ2) is 8.08. The van der Waals surface area contributed by atoms with E-state index in [4.69, 9.17) is 4.74 Å². The number of pyridine rings is 2. The molecule has 3 aromatic heterocycles. The third-order valence-electron chi connectivity index (χ3n) is 4.32. The molecule has 140 valence electrons. The Balaban J connectivity index is 1.38. The molecule has 0 aliphatic carbocycles. The summed E-state index contributed by atoms with van der Waals surface area (Å²) < 4.78 is 18.8. The van der Waals surface area contributed by atoms with Crippen molar-refractivity contribution in [2.75, 3.05) is 25.0 Å². The van der Waals surface area contributed by atoms with Crippen molar-refractivity contribution in [2.24, 2.45) is 0 Å². The maximum Gasteiger partial charge on any atom is 0.141 e. The van der Waals surface area contributed by atoms with Crippen molar-refractivity contribution in [3.8, 4) is 0 Å². The number of nitrogens with zero attached hydrogens (tertiary/aromatic N) is 4. The van der Waals surface area contributed by atoms with Gasteiger partial charge in [-0.25, -0.2) is 14.4 Å². The van der Waals surface area contributed by atoms with Gasteiger partial charge in [-0.15, -0.1) is 11.3 Å². The van der Waals surface area contributed by atoms with Gasteiger partial charge < -0.3 is 10.1 Å². The minimum atomic E-state index is -0.360. The third kappa shape index (κ3) is 4.65. The van der Waals surface area contributed by atoms with Gasteiger partial charge in [-0.05, 0) is 31.2 Å². The SMILES string of the molecule is Cc1ncc(CN2CCO[C@H](c3ccc(Nc4ccc(F)cn4)cn3)C2)s1. The lowest BCUT2D eigenvalue weighted by Crippen LogP contribution is -2.37. The average Bonchev–Trinajstić information content (AvgIpc) is 3.09. The van der Waals surface area contributed by atoms with Crippen molar-refractivity contribution in [1.29, 1.82) is 0 Å². The molecule has 3 aromatic rings. The molecule has 0 aromatic carbocycles. The van der Waals surface area contributed by atoms with Crippen LogP contribution in [0.5, 0.6) is 0 Å². The lowest BCUT2D eigenvalue weighted by Gasteiger charge is -2.32. The normalized spacial score (nSPS) is 17.8. The van der Waals surface area contributed by atoms with Crippen LogP contribution in [0.3, 0.4) is 0 Å².